The molecule has 0 bridgehead atoms. The summed E-state index contributed by atoms with van der Waals surface area (Å²) >= 11 is 0. The van der Waals surface area contributed by atoms with Crippen LogP contribution in [-0.4, -0.2) is 29.3 Å². The predicted molar refractivity (Wildman–Crippen MR) is 127 cm³/mol. The quantitative estimate of drug-likeness (QED) is 0.328. The molecule has 0 aliphatic heterocycles. The lowest BCUT2D eigenvalue weighted by molar-refractivity contribution is -0.139. The molecule has 0 spiro atoms. The standard InChI is InChI=1S/C27H28N2O4/c30-27(31)19-32-26-13-5-11-23-21(10-4-12-24(23)26)14-16-33-29-25(22-8-2-1-3-9-22)17-20-7-6-15-28-18-20/h1-3,5-11,13,15,18,25,29H,4,12,14,16-17,19H2,(H,30,31). The number of benzene rings is 2. The van der Waals surface area contributed by atoms with Gasteiger partial charge in [-0.25, -0.2) is 4.79 Å². The van der Waals surface area contributed by atoms with Crippen LogP contribution in [0.5, 0.6) is 5.75 Å². The highest BCUT2D eigenvalue weighted by molar-refractivity contribution is 5.73. The number of pyridine rings is 1. The minimum absolute atomic E-state index is 0.0130. The van der Waals surface area contributed by atoms with E-state index in [9.17, 15) is 4.79 Å². The van der Waals surface area contributed by atoms with Gasteiger partial charge in [0.1, 0.15) is 5.75 Å². The molecule has 0 saturated carbocycles. The Morgan fingerprint density at radius 3 is 2.76 bits per heavy atom. The van der Waals surface area contributed by atoms with Gasteiger partial charge in [-0.3, -0.25) is 4.98 Å². The topological polar surface area (TPSA) is 80.7 Å². The molecule has 2 N–H and O–H groups in total. The average molecular weight is 445 g/mol. The van der Waals surface area contributed by atoms with Crippen LogP contribution in [0.15, 0.2) is 79.1 Å². The molecule has 6 nitrogen and oxygen atoms in total. The predicted octanol–water partition coefficient (Wildman–Crippen LogP) is 4.77. The first-order chi connectivity index (χ1) is 16.2. The number of carbonyl (C=O) groups is 1. The van der Waals surface area contributed by atoms with E-state index in [1.807, 2.05) is 42.6 Å². The third-order valence-corrected chi connectivity index (χ3v) is 5.68. The summed E-state index contributed by atoms with van der Waals surface area (Å²) in [5.74, 6) is -0.321. The van der Waals surface area contributed by atoms with Crippen LogP contribution in [-0.2, 0) is 22.5 Å². The number of carboxylic acid groups (broad SMARTS) is 1. The Hall–Kier alpha value is -3.48. The number of fused-ring (bicyclic) bond motifs is 1. The lowest BCUT2D eigenvalue weighted by atomic mass is 9.89. The molecule has 0 amide bonds. The van der Waals surface area contributed by atoms with E-state index in [0.717, 1.165) is 47.9 Å². The third-order valence-electron chi connectivity index (χ3n) is 5.68. The second-order valence-corrected chi connectivity index (χ2v) is 7.98. The van der Waals surface area contributed by atoms with Gasteiger partial charge >= 0.3 is 5.97 Å². The molecule has 1 aliphatic carbocycles. The summed E-state index contributed by atoms with van der Waals surface area (Å²) in [6.45, 7) is 0.183. The van der Waals surface area contributed by atoms with Gasteiger partial charge in [0.25, 0.3) is 0 Å². The molecule has 0 fully saturated rings. The molecule has 4 rings (SSSR count). The van der Waals surface area contributed by atoms with Crippen molar-refractivity contribution in [3.8, 4) is 5.75 Å². The fourth-order valence-corrected chi connectivity index (χ4v) is 4.12. The molecular formula is C27H28N2O4. The number of hydrogen-bond donors (Lipinski definition) is 2. The van der Waals surface area contributed by atoms with E-state index in [2.05, 4.69) is 40.8 Å². The zero-order valence-corrected chi connectivity index (χ0v) is 18.4. The largest absolute Gasteiger partial charge is 0.482 e. The fourth-order valence-electron chi connectivity index (χ4n) is 4.12. The van der Waals surface area contributed by atoms with Crippen molar-refractivity contribution in [2.24, 2.45) is 0 Å². The molecule has 1 aromatic heterocycles. The molecule has 1 unspecified atom stereocenters. The van der Waals surface area contributed by atoms with Crippen molar-refractivity contribution in [1.82, 2.24) is 10.5 Å². The molecule has 1 heterocycles. The first-order valence-corrected chi connectivity index (χ1v) is 11.2. The first-order valence-electron chi connectivity index (χ1n) is 11.2. The number of carboxylic acids is 1. The van der Waals surface area contributed by atoms with Gasteiger partial charge in [-0.2, -0.15) is 5.48 Å². The highest BCUT2D eigenvalue weighted by atomic mass is 16.6. The smallest absolute Gasteiger partial charge is 0.341 e. The molecule has 6 heteroatoms. The van der Waals surface area contributed by atoms with E-state index in [0.29, 0.717) is 12.4 Å². The van der Waals surface area contributed by atoms with Crippen molar-refractivity contribution >= 4 is 11.5 Å². The van der Waals surface area contributed by atoms with Gasteiger partial charge in [0.2, 0.25) is 0 Å². The van der Waals surface area contributed by atoms with Gasteiger partial charge in [-0.05, 0) is 60.1 Å². The van der Waals surface area contributed by atoms with E-state index in [1.165, 1.54) is 5.57 Å². The number of ether oxygens (including phenoxy) is 1. The van der Waals surface area contributed by atoms with Crippen LogP contribution >= 0.6 is 0 Å². The summed E-state index contributed by atoms with van der Waals surface area (Å²) in [6, 6.07) is 20.1. The lowest BCUT2D eigenvalue weighted by Gasteiger charge is -2.22. The summed E-state index contributed by atoms with van der Waals surface area (Å²) in [5.41, 5.74) is 8.93. The second kappa shape index (κ2) is 11.4. The number of nitrogens with one attached hydrogen (secondary N) is 1. The number of nitrogens with zero attached hydrogens (tertiary/aromatic N) is 1. The maximum absolute atomic E-state index is 10.9. The minimum Gasteiger partial charge on any atom is -0.482 e. The van der Waals surface area contributed by atoms with Crippen molar-refractivity contribution in [2.45, 2.75) is 31.7 Å². The highest BCUT2D eigenvalue weighted by Gasteiger charge is 2.18. The van der Waals surface area contributed by atoms with Gasteiger partial charge in [0.15, 0.2) is 6.61 Å². The third kappa shape index (κ3) is 6.28. The van der Waals surface area contributed by atoms with Crippen molar-refractivity contribution in [2.75, 3.05) is 13.2 Å². The number of aliphatic carboxylic acids is 1. The maximum atomic E-state index is 10.9. The Bertz CT molecular complexity index is 1080. The summed E-state index contributed by atoms with van der Waals surface area (Å²) in [5, 5.41) is 8.93. The van der Waals surface area contributed by atoms with Gasteiger partial charge in [0, 0.05) is 18.0 Å². The Morgan fingerprint density at radius 2 is 1.97 bits per heavy atom. The first kappa shape index (κ1) is 22.7. The average Bonchev–Trinajstić information content (AvgIpc) is 2.85. The van der Waals surface area contributed by atoms with E-state index in [1.54, 1.807) is 6.20 Å². The summed E-state index contributed by atoms with van der Waals surface area (Å²) in [4.78, 5) is 21.0. The number of rotatable bonds is 11. The van der Waals surface area contributed by atoms with Crippen LogP contribution in [0.3, 0.4) is 0 Å². The number of hydrogen-bond acceptors (Lipinski definition) is 5. The zero-order valence-electron chi connectivity index (χ0n) is 18.4. The van der Waals surface area contributed by atoms with Crippen molar-refractivity contribution in [1.29, 1.82) is 0 Å². The van der Waals surface area contributed by atoms with Crippen LogP contribution in [0.25, 0.3) is 5.57 Å². The Labute approximate surface area is 193 Å². The molecule has 0 radical (unpaired) electrons. The highest BCUT2D eigenvalue weighted by Crippen LogP contribution is 2.34. The van der Waals surface area contributed by atoms with Crippen LogP contribution in [0.4, 0.5) is 0 Å². The monoisotopic (exact) mass is 444 g/mol. The Morgan fingerprint density at radius 1 is 1.09 bits per heavy atom. The number of hydroxylamine groups is 1. The van der Waals surface area contributed by atoms with E-state index in [4.69, 9.17) is 14.7 Å². The zero-order chi connectivity index (χ0) is 22.9. The SMILES string of the molecule is O=C(O)COc1cccc2c1CCC=C2CCONC(Cc1cccnc1)c1ccccc1. The molecule has 1 aliphatic rings. The number of aromatic nitrogens is 1. The van der Waals surface area contributed by atoms with Crippen LogP contribution in [0, 0.1) is 0 Å². The maximum Gasteiger partial charge on any atom is 0.341 e. The van der Waals surface area contributed by atoms with E-state index >= 15 is 0 Å². The van der Waals surface area contributed by atoms with Crippen molar-refractivity contribution in [3.05, 3.63) is 101 Å². The molecule has 2 aromatic carbocycles. The van der Waals surface area contributed by atoms with E-state index < -0.39 is 5.97 Å². The Balaban J connectivity index is 1.37. The molecule has 170 valence electrons. The molecule has 0 saturated heterocycles. The lowest BCUT2D eigenvalue weighted by Crippen LogP contribution is -2.24. The van der Waals surface area contributed by atoms with Gasteiger partial charge in [-0.1, -0.05) is 54.6 Å². The van der Waals surface area contributed by atoms with Crippen LogP contribution < -0.4 is 10.2 Å². The van der Waals surface area contributed by atoms with Gasteiger partial charge in [-0.15, -0.1) is 0 Å². The normalized spacial score (nSPS) is 13.6. The molecule has 3 aromatic rings. The number of allylic oxidation sites excluding steroid dienone is 1. The minimum atomic E-state index is -0.974. The summed E-state index contributed by atoms with van der Waals surface area (Å²) < 4.78 is 5.50. The summed E-state index contributed by atoms with van der Waals surface area (Å²) in [6.07, 6.45) is 9.15. The molecule has 1 atom stereocenters. The van der Waals surface area contributed by atoms with Crippen LogP contribution in [0.2, 0.25) is 0 Å². The summed E-state index contributed by atoms with van der Waals surface area (Å²) in [7, 11) is 0. The fraction of sp³-hybridized carbons (Fsp3) is 0.259. The second-order valence-electron chi connectivity index (χ2n) is 7.98. The molecular weight excluding hydrogens is 416 g/mol. The van der Waals surface area contributed by atoms with Crippen molar-refractivity contribution in [3.63, 3.8) is 0 Å². The van der Waals surface area contributed by atoms with Crippen molar-refractivity contribution < 1.29 is 19.5 Å². The molecule has 33 heavy (non-hydrogen) atoms. The Kier molecular flexibility index (Phi) is 7.85. The van der Waals surface area contributed by atoms with Gasteiger partial charge in [0.05, 0.1) is 12.6 Å². The van der Waals surface area contributed by atoms with E-state index in [-0.39, 0.29) is 12.6 Å². The van der Waals surface area contributed by atoms with Gasteiger partial charge < -0.3 is 14.7 Å². The van der Waals surface area contributed by atoms with Crippen LogP contribution in [0.1, 0.15) is 41.1 Å².